The molecule has 4 aliphatic rings. The van der Waals surface area contributed by atoms with E-state index in [2.05, 4.69) is 62.8 Å². The van der Waals surface area contributed by atoms with Crippen molar-refractivity contribution in [1.29, 1.82) is 10.5 Å². The smallest absolute Gasteiger partial charge is 0.268 e. The van der Waals surface area contributed by atoms with Gasteiger partial charge in [0.1, 0.15) is 30.5 Å². The third-order valence-corrected chi connectivity index (χ3v) is 14.8. The summed E-state index contributed by atoms with van der Waals surface area (Å²) in [6.07, 6.45) is 4.84. The number of nitrogens with zero attached hydrogens (tertiary/aromatic N) is 9. The van der Waals surface area contributed by atoms with Gasteiger partial charge in [-0.3, -0.25) is 62.9 Å². The van der Waals surface area contributed by atoms with Gasteiger partial charge < -0.3 is 57.1 Å². The Kier molecular flexibility index (Phi) is 22.8. The van der Waals surface area contributed by atoms with Gasteiger partial charge in [-0.1, -0.05) is 36.4 Å². The summed E-state index contributed by atoms with van der Waals surface area (Å²) in [6.45, 7) is -0.916. The van der Waals surface area contributed by atoms with Crippen LogP contribution in [0.3, 0.4) is 0 Å². The number of halogens is 4. The molecule has 0 spiro atoms. The molecule has 8 N–H and O–H groups in total. The van der Waals surface area contributed by atoms with Crippen molar-refractivity contribution in [2.24, 2.45) is 16.3 Å². The molecule has 1 aromatic carbocycles. The van der Waals surface area contributed by atoms with Gasteiger partial charge in [0.05, 0.1) is 79.9 Å². The fourth-order valence-corrected chi connectivity index (χ4v) is 10.3. The van der Waals surface area contributed by atoms with E-state index in [1.165, 1.54) is 24.5 Å². The lowest BCUT2D eigenvalue weighted by atomic mass is 9.87. The minimum atomic E-state index is -3.23. The van der Waals surface area contributed by atoms with Gasteiger partial charge in [0.2, 0.25) is 47.3 Å². The summed E-state index contributed by atoms with van der Waals surface area (Å²) in [5.74, 6) is -13.1. The molecule has 4 unspecified atom stereocenters. The summed E-state index contributed by atoms with van der Waals surface area (Å²) in [5.41, 5.74) is 1.30. The van der Waals surface area contributed by atoms with Crippen molar-refractivity contribution < 1.29 is 70.3 Å². The molecular formula is C57H65F4N17O11. The van der Waals surface area contributed by atoms with E-state index in [0.717, 1.165) is 9.80 Å². The van der Waals surface area contributed by atoms with Crippen molar-refractivity contribution >= 4 is 88.0 Å². The van der Waals surface area contributed by atoms with E-state index >= 15 is 0 Å². The number of nitriles is 2. The number of alkyl halides is 4. The maximum Gasteiger partial charge on any atom is 0.268 e. The molecule has 6 atom stereocenters. The van der Waals surface area contributed by atoms with Gasteiger partial charge in [-0.2, -0.15) is 15.6 Å². The number of likely N-dealkylation sites (tertiary alicyclic amines) is 2. The zero-order chi connectivity index (χ0) is 64.4. The topological polar surface area (TPSA) is 392 Å². The molecule has 5 heterocycles. The molecule has 0 radical (unpaired) electrons. The highest BCUT2D eigenvalue weighted by atomic mass is 19.3. The lowest BCUT2D eigenvalue weighted by Crippen LogP contribution is -2.47. The average molecular weight is 1240 g/mol. The minimum Gasteiger partial charge on any atom is -0.356 e. The van der Waals surface area contributed by atoms with Crippen LogP contribution in [-0.2, 0) is 43.2 Å². The Labute approximate surface area is 506 Å². The first-order valence-electron chi connectivity index (χ1n) is 28.5. The van der Waals surface area contributed by atoms with Gasteiger partial charge in [0.15, 0.2) is 0 Å². The number of anilines is 1. The number of hydrogen-bond donors (Lipinski definition) is 8. The number of unbranched alkanes of at least 4 members (excludes halogenated alkanes) is 1. The molecule has 7 rings (SSSR count). The molecule has 3 aromatic rings. The number of aromatic nitrogens is 2. The molecule has 1 aliphatic carbocycles. The van der Waals surface area contributed by atoms with Crippen LogP contribution in [0.5, 0.6) is 0 Å². The molecule has 2 saturated heterocycles. The van der Waals surface area contributed by atoms with E-state index in [1.807, 2.05) is 0 Å². The minimum absolute atomic E-state index is 0.0768. The summed E-state index contributed by atoms with van der Waals surface area (Å²) in [4.78, 5) is 150. The zero-order valence-electron chi connectivity index (χ0n) is 48.2. The van der Waals surface area contributed by atoms with Gasteiger partial charge in [-0.25, -0.2) is 17.6 Å². The number of hydrogen-bond acceptors (Lipinski definition) is 18. The number of carbonyl (C=O) groups excluding carboxylic acids is 11. The fraction of sp³-hybridized carbons (Fsp3) is 0.491. The van der Waals surface area contributed by atoms with E-state index in [-0.39, 0.29) is 86.4 Å². The molecule has 0 bridgehead atoms. The summed E-state index contributed by atoms with van der Waals surface area (Å²) in [5, 5.41) is 49.5. The van der Waals surface area contributed by atoms with Crippen LogP contribution in [0.4, 0.5) is 23.2 Å². The maximum atomic E-state index is 13.9. The van der Waals surface area contributed by atoms with Crippen LogP contribution in [-0.4, -0.2) is 185 Å². The average Bonchev–Trinajstić information content (AvgIpc) is 2.41. The Balaban J connectivity index is 0.764. The molecule has 0 saturated carbocycles. The van der Waals surface area contributed by atoms with E-state index in [9.17, 15) is 80.8 Å². The number of rotatable bonds is 28. The number of carbonyl (C=O) groups is 11. The van der Waals surface area contributed by atoms with Crippen LogP contribution in [0.15, 0.2) is 59.1 Å². The third-order valence-electron chi connectivity index (χ3n) is 14.8. The van der Waals surface area contributed by atoms with E-state index < -0.39 is 140 Å². The fourth-order valence-electron chi connectivity index (χ4n) is 10.3. The maximum absolute atomic E-state index is 13.9. The number of fused-ring (bicyclic) bond motifs is 2. The highest BCUT2D eigenvalue weighted by Gasteiger charge is 2.48. The monoisotopic (exact) mass is 1240 g/mol. The zero-order valence-corrected chi connectivity index (χ0v) is 48.2. The predicted molar refractivity (Wildman–Crippen MR) is 304 cm³/mol. The summed E-state index contributed by atoms with van der Waals surface area (Å²) < 4.78 is 55.5. The molecule has 472 valence electrons. The van der Waals surface area contributed by atoms with Crippen LogP contribution in [0.1, 0.15) is 109 Å². The summed E-state index contributed by atoms with van der Waals surface area (Å²) in [7, 11) is 0. The van der Waals surface area contributed by atoms with Gasteiger partial charge in [0.25, 0.3) is 23.7 Å². The highest BCUT2D eigenvalue weighted by molar-refractivity contribution is 6.11. The van der Waals surface area contributed by atoms with E-state index in [4.69, 9.17) is 0 Å². The first-order valence-corrected chi connectivity index (χ1v) is 28.5. The Morgan fingerprint density at radius 1 is 0.730 bits per heavy atom. The Bertz CT molecular complexity index is 3370. The second kappa shape index (κ2) is 30.6. The highest BCUT2D eigenvalue weighted by Crippen LogP contribution is 2.35. The van der Waals surface area contributed by atoms with E-state index in [1.54, 1.807) is 54.4 Å². The van der Waals surface area contributed by atoms with Crippen LogP contribution in [0, 0.1) is 28.6 Å². The first kappa shape index (κ1) is 66.5. The van der Waals surface area contributed by atoms with Crippen LogP contribution in [0.2, 0.25) is 0 Å². The molecule has 32 heteroatoms. The normalized spacial score (nSPS) is 19.6. The van der Waals surface area contributed by atoms with Gasteiger partial charge in [-0.15, -0.1) is 0 Å². The van der Waals surface area contributed by atoms with Crippen molar-refractivity contribution in [3.8, 4) is 12.1 Å². The number of nitrogens with one attached hydrogen (secondary N) is 8. The van der Waals surface area contributed by atoms with Gasteiger partial charge in [-0.05, 0) is 37.5 Å². The van der Waals surface area contributed by atoms with Crippen molar-refractivity contribution in [1.82, 2.24) is 62.0 Å². The number of benzene rings is 1. The molecule has 10 amide bonds. The summed E-state index contributed by atoms with van der Waals surface area (Å²) >= 11 is 0. The molecule has 3 aliphatic heterocycles. The lowest BCUT2D eigenvalue weighted by molar-refractivity contribution is -0.132. The number of para-hydroxylation sites is 1. The Morgan fingerprint density at radius 2 is 1.35 bits per heavy atom. The predicted octanol–water partition coefficient (Wildman–Crippen LogP) is 1.27. The largest absolute Gasteiger partial charge is 0.356 e. The van der Waals surface area contributed by atoms with Crippen molar-refractivity contribution in [3.63, 3.8) is 0 Å². The second-order valence-electron chi connectivity index (χ2n) is 21.6. The van der Waals surface area contributed by atoms with E-state index in [0.29, 0.717) is 48.9 Å². The number of aldehydes is 1. The first-order chi connectivity index (χ1) is 42.5. The van der Waals surface area contributed by atoms with Crippen LogP contribution in [0.25, 0.3) is 17.0 Å². The van der Waals surface area contributed by atoms with Gasteiger partial charge in [0, 0.05) is 99.4 Å². The van der Waals surface area contributed by atoms with Gasteiger partial charge >= 0.3 is 0 Å². The SMILES string of the molecule is CC1C=Cc2c(C(=O)NCC(=O)N3CC(F)(F)C[C@H]3C#N)ccnc2C1NC(=O)CCC(=O)NCCC(=O)NC(CCCCN1CC(CNC(=O)CCC(=O)Nc2cccc3c(C(=O)NCC(=O)N4CC(F)(F)C[C@H]4C#N)ccnc23)N=N1)C(=O)NCC=O. The number of amides is 10. The van der Waals surface area contributed by atoms with Crippen molar-refractivity contribution in [3.05, 3.63) is 71.2 Å². The number of pyridine rings is 2. The molecule has 89 heavy (non-hydrogen) atoms. The Morgan fingerprint density at radius 3 is 2.01 bits per heavy atom. The lowest BCUT2D eigenvalue weighted by Gasteiger charge is -2.28. The molecular weight excluding hydrogens is 1170 g/mol. The van der Waals surface area contributed by atoms with Crippen molar-refractivity contribution in [2.75, 3.05) is 64.2 Å². The summed E-state index contributed by atoms with van der Waals surface area (Å²) in [6, 6.07) is 5.96. The standard InChI is InChI=1S/C57H65F4N17O11/c1-33-8-9-38-40(54(88)70-29-49(86)78-32-57(60,61)24-36(78)26-63)15-18-66-52(38)50(33)73-46(83)13-10-43(80)64-19-16-47(84)72-42(55(89)67-20-22-79)6-2-3-21-76-30-34(74-75-76)27-68-44(81)11-12-45(82)71-41-7-4-5-37-39(14-17-65-51(37)41)53(87)69-28-48(85)77-31-56(58,59)23-35(77)25-62/h4-5,7-9,14-15,17-18,22,33-36,42,50H,2-3,6,10-13,16,19-21,23-24,27-32H2,1H3,(H,64,80)(H,67,89)(H,68,81)(H,69,87)(H,70,88)(H,71,82)(H,72,84)(H,73,83)/t33?,34?,35-,36-,42?,50?/m0/s1. The van der Waals surface area contributed by atoms with Crippen molar-refractivity contribution in [2.45, 2.75) is 113 Å². The third kappa shape index (κ3) is 18.5. The second-order valence-corrected chi connectivity index (χ2v) is 21.6. The van der Waals surface area contributed by atoms with Crippen LogP contribution >= 0.6 is 0 Å². The Hall–Kier alpha value is -10.0. The molecule has 2 fully saturated rings. The molecule has 2 aromatic heterocycles. The van der Waals surface area contributed by atoms with Crippen LogP contribution < -0.4 is 42.5 Å². The molecule has 28 nitrogen and oxygen atoms in total. The quantitative estimate of drug-likeness (QED) is 0.0288.